The molecule has 2 aromatic carbocycles. The number of nitrogens with zero attached hydrogens (tertiary/aromatic N) is 1. The van der Waals surface area contributed by atoms with Crippen molar-refractivity contribution in [2.45, 2.75) is 13.1 Å². The molecule has 0 aliphatic rings. The van der Waals surface area contributed by atoms with E-state index in [1.54, 1.807) is 25.1 Å². The summed E-state index contributed by atoms with van der Waals surface area (Å²) >= 11 is 0. The van der Waals surface area contributed by atoms with E-state index in [4.69, 9.17) is 15.7 Å². The zero-order valence-corrected chi connectivity index (χ0v) is 11.0. The van der Waals surface area contributed by atoms with Crippen LogP contribution in [0.15, 0.2) is 36.4 Å². The summed E-state index contributed by atoms with van der Waals surface area (Å²) in [5.74, 6) is -0.0752. The molecule has 0 heterocycles. The zero-order chi connectivity index (χ0) is 15.6. The van der Waals surface area contributed by atoms with Crippen LogP contribution in [0, 0.1) is 18.3 Å². The first-order valence-corrected chi connectivity index (χ1v) is 5.96. The molecule has 0 radical (unpaired) electrons. The van der Waals surface area contributed by atoms with Gasteiger partial charge in [0.15, 0.2) is 0 Å². The maximum Gasteiger partial charge on any atom is 0.420 e. The molecule has 6 heteroatoms. The predicted octanol–water partition coefficient (Wildman–Crippen LogP) is 4.26. The zero-order valence-electron chi connectivity index (χ0n) is 11.0. The van der Waals surface area contributed by atoms with Crippen molar-refractivity contribution < 1.29 is 17.9 Å². The van der Waals surface area contributed by atoms with Crippen molar-refractivity contribution in [3.05, 3.63) is 53.1 Å². The topological polar surface area (TPSA) is 59.0 Å². The van der Waals surface area contributed by atoms with Crippen LogP contribution in [0.25, 0.3) is 0 Å². The van der Waals surface area contributed by atoms with E-state index in [0.29, 0.717) is 11.3 Å². The van der Waals surface area contributed by atoms with Gasteiger partial charge in [-0.25, -0.2) is 0 Å². The van der Waals surface area contributed by atoms with E-state index in [1.165, 1.54) is 12.1 Å². The SMILES string of the molecule is Cc1cc(N)ccc1Oc1ccc(C#N)cc1C(F)(F)F. The fourth-order valence-electron chi connectivity index (χ4n) is 1.82. The molecule has 2 rings (SSSR count). The lowest BCUT2D eigenvalue weighted by Crippen LogP contribution is -2.08. The molecule has 108 valence electrons. The molecule has 0 aromatic heterocycles. The molecule has 0 fully saturated rings. The molecule has 3 nitrogen and oxygen atoms in total. The van der Waals surface area contributed by atoms with Crippen molar-refractivity contribution in [1.82, 2.24) is 0 Å². The first kappa shape index (κ1) is 14.7. The summed E-state index contributed by atoms with van der Waals surface area (Å²) in [4.78, 5) is 0. The second kappa shape index (κ2) is 5.37. The van der Waals surface area contributed by atoms with Gasteiger partial charge >= 0.3 is 6.18 Å². The quantitative estimate of drug-likeness (QED) is 0.841. The lowest BCUT2D eigenvalue weighted by molar-refractivity contribution is -0.138. The van der Waals surface area contributed by atoms with Gasteiger partial charge in [-0.1, -0.05) is 0 Å². The van der Waals surface area contributed by atoms with E-state index in [1.807, 2.05) is 0 Å². The smallest absolute Gasteiger partial charge is 0.420 e. The first-order valence-electron chi connectivity index (χ1n) is 5.96. The molecule has 0 atom stereocenters. The molecule has 2 N–H and O–H groups in total. The molecule has 0 saturated heterocycles. The van der Waals surface area contributed by atoms with Crippen LogP contribution in [0.1, 0.15) is 16.7 Å². The number of rotatable bonds is 2. The Labute approximate surface area is 119 Å². The second-order valence-electron chi connectivity index (χ2n) is 4.45. The van der Waals surface area contributed by atoms with E-state index in [2.05, 4.69) is 0 Å². The number of halogens is 3. The van der Waals surface area contributed by atoms with E-state index in [9.17, 15) is 13.2 Å². The molecule has 2 aromatic rings. The van der Waals surface area contributed by atoms with Crippen LogP contribution in [0.4, 0.5) is 18.9 Å². The van der Waals surface area contributed by atoms with E-state index < -0.39 is 11.7 Å². The number of hydrogen-bond donors (Lipinski definition) is 1. The lowest BCUT2D eigenvalue weighted by atomic mass is 10.1. The maximum absolute atomic E-state index is 13.0. The van der Waals surface area contributed by atoms with Gasteiger partial charge in [-0.2, -0.15) is 18.4 Å². The Balaban J connectivity index is 2.47. The summed E-state index contributed by atoms with van der Waals surface area (Å²) in [5.41, 5.74) is 5.63. The highest BCUT2D eigenvalue weighted by Gasteiger charge is 2.35. The fraction of sp³-hybridized carbons (Fsp3) is 0.133. The highest BCUT2D eigenvalue weighted by Crippen LogP contribution is 2.39. The minimum Gasteiger partial charge on any atom is -0.456 e. The highest BCUT2D eigenvalue weighted by molar-refractivity contribution is 5.50. The molecule has 0 saturated carbocycles. The molecular weight excluding hydrogens is 281 g/mol. The first-order chi connectivity index (χ1) is 9.81. The third-order valence-corrected chi connectivity index (χ3v) is 2.83. The van der Waals surface area contributed by atoms with Crippen molar-refractivity contribution in [2.75, 3.05) is 5.73 Å². The number of nitrogens with two attached hydrogens (primary N) is 1. The minimum atomic E-state index is -4.61. The molecule has 0 bridgehead atoms. The summed E-state index contributed by atoms with van der Waals surface area (Å²) in [5, 5.41) is 8.71. The third kappa shape index (κ3) is 3.26. The molecule has 0 unspecified atom stereocenters. The fourth-order valence-corrected chi connectivity index (χ4v) is 1.82. The van der Waals surface area contributed by atoms with E-state index in [-0.39, 0.29) is 17.1 Å². The second-order valence-corrected chi connectivity index (χ2v) is 4.45. The third-order valence-electron chi connectivity index (χ3n) is 2.83. The summed E-state index contributed by atoms with van der Waals surface area (Å²) < 4.78 is 44.4. The molecular formula is C15H11F3N2O. The van der Waals surface area contributed by atoms with Crippen molar-refractivity contribution in [3.8, 4) is 17.6 Å². The van der Waals surface area contributed by atoms with Gasteiger partial charge in [-0.05, 0) is 48.9 Å². The van der Waals surface area contributed by atoms with Crippen LogP contribution in [-0.2, 0) is 6.18 Å². The Bertz CT molecular complexity index is 718. The van der Waals surface area contributed by atoms with Gasteiger partial charge in [-0.3, -0.25) is 0 Å². The van der Waals surface area contributed by atoms with Gasteiger partial charge in [0.1, 0.15) is 11.5 Å². The maximum atomic E-state index is 13.0. The Morgan fingerprint density at radius 1 is 1.10 bits per heavy atom. The Hall–Kier alpha value is -2.68. The van der Waals surface area contributed by atoms with Gasteiger partial charge in [0, 0.05) is 5.69 Å². The number of nitriles is 1. The van der Waals surface area contributed by atoms with Crippen LogP contribution in [0.5, 0.6) is 11.5 Å². The molecule has 0 aliphatic carbocycles. The molecule has 0 amide bonds. The Kier molecular flexibility index (Phi) is 3.76. The van der Waals surface area contributed by atoms with Crippen LogP contribution < -0.4 is 10.5 Å². The van der Waals surface area contributed by atoms with Crippen molar-refractivity contribution in [1.29, 1.82) is 5.26 Å². The van der Waals surface area contributed by atoms with Crippen molar-refractivity contribution in [2.24, 2.45) is 0 Å². The number of ether oxygens (including phenoxy) is 1. The molecule has 0 aliphatic heterocycles. The Morgan fingerprint density at radius 2 is 1.76 bits per heavy atom. The van der Waals surface area contributed by atoms with Gasteiger partial charge in [-0.15, -0.1) is 0 Å². The molecule has 0 spiro atoms. The van der Waals surface area contributed by atoms with E-state index >= 15 is 0 Å². The number of benzene rings is 2. The molecule has 21 heavy (non-hydrogen) atoms. The predicted molar refractivity (Wildman–Crippen MR) is 71.8 cm³/mol. The van der Waals surface area contributed by atoms with Crippen LogP contribution in [0.3, 0.4) is 0 Å². The van der Waals surface area contributed by atoms with Crippen molar-refractivity contribution in [3.63, 3.8) is 0 Å². The highest BCUT2D eigenvalue weighted by atomic mass is 19.4. The average Bonchev–Trinajstić information content (AvgIpc) is 2.41. The number of anilines is 1. The van der Waals surface area contributed by atoms with Gasteiger partial charge in [0.25, 0.3) is 0 Å². The van der Waals surface area contributed by atoms with Crippen LogP contribution in [-0.4, -0.2) is 0 Å². The minimum absolute atomic E-state index is 0.0799. The van der Waals surface area contributed by atoms with Crippen LogP contribution in [0.2, 0.25) is 0 Å². The lowest BCUT2D eigenvalue weighted by Gasteiger charge is -2.15. The summed E-state index contributed by atoms with van der Waals surface area (Å²) in [6.07, 6.45) is -4.61. The Morgan fingerprint density at radius 3 is 2.33 bits per heavy atom. The summed E-state index contributed by atoms with van der Waals surface area (Å²) in [6, 6.07) is 9.50. The van der Waals surface area contributed by atoms with Gasteiger partial charge in [0.05, 0.1) is 17.2 Å². The number of nitrogen functional groups attached to an aromatic ring is 1. The average molecular weight is 292 g/mol. The van der Waals surface area contributed by atoms with Gasteiger partial charge < -0.3 is 10.5 Å². The monoisotopic (exact) mass is 292 g/mol. The summed E-state index contributed by atoms with van der Waals surface area (Å²) in [6.45, 7) is 1.68. The summed E-state index contributed by atoms with van der Waals surface area (Å²) in [7, 11) is 0. The number of aryl methyl sites for hydroxylation is 1. The van der Waals surface area contributed by atoms with Crippen LogP contribution >= 0.6 is 0 Å². The number of hydrogen-bond acceptors (Lipinski definition) is 3. The standard InChI is InChI=1S/C15H11F3N2O/c1-9-6-11(20)3-5-13(9)21-14-4-2-10(8-19)7-12(14)15(16,17)18/h2-7H,20H2,1H3. The van der Waals surface area contributed by atoms with E-state index in [0.717, 1.165) is 12.1 Å². The van der Waals surface area contributed by atoms with Crippen molar-refractivity contribution >= 4 is 5.69 Å². The normalized spacial score (nSPS) is 11.0. The largest absolute Gasteiger partial charge is 0.456 e. The van der Waals surface area contributed by atoms with Gasteiger partial charge in [0.2, 0.25) is 0 Å². The number of alkyl halides is 3.